The number of hydrogen-bond acceptors (Lipinski definition) is 8. The molecule has 1 aliphatic heterocycles. The van der Waals surface area contributed by atoms with Gasteiger partial charge in [0.15, 0.2) is 25.3 Å². The van der Waals surface area contributed by atoms with Gasteiger partial charge in [-0.15, -0.1) is 0 Å². The zero-order valence-corrected chi connectivity index (χ0v) is 22.2. The lowest BCUT2D eigenvalue weighted by atomic mass is 10.1. The first kappa shape index (κ1) is 25.2. The Balaban J connectivity index is 1.55. The maximum absolute atomic E-state index is 11.3. The molecule has 35 heavy (non-hydrogen) atoms. The molecule has 10 nitrogen and oxygen atoms in total. The highest BCUT2D eigenvalue weighted by molar-refractivity contribution is 6.74. The van der Waals surface area contributed by atoms with Crippen LogP contribution in [0.3, 0.4) is 0 Å². The van der Waals surface area contributed by atoms with E-state index >= 15 is 0 Å². The lowest BCUT2D eigenvalue weighted by Gasteiger charge is -2.39. The van der Waals surface area contributed by atoms with Gasteiger partial charge in [0, 0.05) is 24.6 Å². The predicted octanol–water partition coefficient (Wildman–Crippen LogP) is 5.43. The van der Waals surface area contributed by atoms with Crippen molar-refractivity contribution in [1.29, 1.82) is 0 Å². The van der Waals surface area contributed by atoms with Gasteiger partial charge in [0.05, 0.1) is 23.5 Å². The molecule has 11 heteroatoms. The fraction of sp³-hybridized carbons (Fsp3) is 0.542. The summed E-state index contributed by atoms with van der Waals surface area (Å²) in [6.45, 7) is 13.6. The van der Waals surface area contributed by atoms with E-state index in [0.717, 1.165) is 12.8 Å². The highest BCUT2D eigenvalue weighted by Gasteiger charge is 2.44. The van der Waals surface area contributed by atoms with Crippen LogP contribution in [0.15, 0.2) is 36.9 Å². The van der Waals surface area contributed by atoms with Gasteiger partial charge in [-0.2, -0.15) is 0 Å². The summed E-state index contributed by atoms with van der Waals surface area (Å²) in [6.07, 6.45) is 4.56. The summed E-state index contributed by atoms with van der Waals surface area (Å²) in [4.78, 5) is 24.3. The minimum Gasteiger partial charge on any atom is -0.411 e. The Labute approximate surface area is 206 Å². The van der Waals surface area contributed by atoms with Crippen LogP contribution in [0.5, 0.6) is 0 Å². The number of nitrogens with zero attached hydrogens (tertiary/aromatic N) is 5. The third-order valence-electron chi connectivity index (χ3n) is 7.14. The normalized spacial score (nSPS) is 20.9. The number of hydrogen-bond donors (Lipinski definition) is 1. The van der Waals surface area contributed by atoms with Crippen molar-refractivity contribution in [2.45, 2.75) is 83.6 Å². The van der Waals surface area contributed by atoms with Crippen LogP contribution >= 0.6 is 0 Å². The molecule has 1 unspecified atom stereocenters. The Kier molecular flexibility index (Phi) is 6.94. The summed E-state index contributed by atoms with van der Waals surface area (Å²) in [5.41, 5.74) is 1.88. The van der Waals surface area contributed by atoms with Crippen molar-refractivity contribution in [3.63, 3.8) is 0 Å². The second kappa shape index (κ2) is 9.63. The van der Waals surface area contributed by atoms with Crippen LogP contribution < -0.4 is 5.32 Å². The van der Waals surface area contributed by atoms with Crippen molar-refractivity contribution in [3.8, 4) is 0 Å². The van der Waals surface area contributed by atoms with E-state index in [4.69, 9.17) is 9.16 Å². The van der Waals surface area contributed by atoms with Crippen molar-refractivity contribution >= 4 is 31.0 Å². The van der Waals surface area contributed by atoms with Crippen LogP contribution in [0, 0.1) is 10.1 Å². The molecular formula is C24H34N6O4Si. The van der Waals surface area contributed by atoms with E-state index in [0.29, 0.717) is 22.5 Å². The number of benzene rings is 1. The average Bonchev–Trinajstić information content (AvgIpc) is 3.40. The van der Waals surface area contributed by atoms with Crippen LogP contribution in [0.25, 0.3) is 11.2 Å². The summed E-state index contributed by atoms with van der Waals surface area (Å²) in [6, 6.07) is 6.64. The molecule has 1 saturated heterocycles. The van der Waals surface area contributed by atoms with E-state index < -0.39 is 8.32 Å². The van der Waals surface area contributed by atoms with Gasteiger partial charge in [0.2, 0.25) is 0 Å². The number of rotatable bonds is 8. The molecule has 0 aliphatic carbocycles. The molecule has 0 radical (unpaired) electrons. The largest absolute Gasteiger partial charge is 0.411 e. The van der Waals surface area contributed by atoms with Gasteiger partial charge in [0.25, 0.3) is 5.69 Å². The standard InChI is InChI=1S/C24H34N6O4Si/c1-7-18-19(34-35(5,6)24(2,3)4)12-20(33-18)29-15-28-21-22(26-14-27-23(21)29)25-13-16-10-8-9-11-17(16)30(31)32/h8-11,14-15,18-20H,7,12-13H2,1-6H3,(H,25,26,27)/t18-,19?,20-/m1/s1. The highest BCUT2D eigenvalue weighted by atomic mass is 28.4. The van der Waals surface area contributed by atoms with Gasteiger partial charge in [-0.25, -0.2) is 15.0 Å². The van der Waals surface area contributed by atoms with Gasteiger partial charge >= 0.3 is 0 Å². The molecule has 1 aliphatic rings. The summed E-state index contributed by atoms with van der Waals surface area (Å²) < 4.78 is 15.1. The molecule has 1 aromatic carbocycles. The van der Waals surface area contributed by atoms with Crippen LogP contribution in [0.4, 0.5) is 11.5 Å². The van der Waals surface area contributed by atoms with Gasteiger partial charge < -0.3 is 14.5 Å². The number of nitro benzene ring substituents is 1. The Hall–Kier alpha value is -2.89. The molecule has 0 amide bonds. The zero-order valence-electron chi connectivity index (χ0n) is 21.2. The fourth-order valence-electron chi connectivity index (χ4n) is 4.12. The lowest BCUT2D eigenvalue weighted by molar-refractivity contribution is -0.385. The molecule has 1 fully saturated rings. The van der Waals surface area contributed by atoms with E-state index in [1.165, 1.54) is 12.4 Å². The Bertz CT molecular complexity index is 1210. The van der Waals surface area contributed by atoms with E-state index in [1.807, 2.05) is 4.57 Å². The molecule has 3 heterocycles. The zero-order chi connectivity index (χ0) is 25.4. The second-order valence-corrected chi connectivity index (χ2v) is 15.2. The van der Waals surface area contributed by atoms with Gasteiger partial charge in [0.1, 0.15) is 12.6 Å². The molecular weight excluding hydrogens is 464 g/mol. The van der Waals surface area contributed by atoms with E-state index in [-0.39, 0.29) is 40.6 Å². The average molecular weight is 499 g/mol. The van der Waals surface area contributed by atoms with Crippen molar-refractivity contribution in [2.75, 3.05) is 5.32 Å². The molecule has 2 aromatic heterocycles. The molecule has 188 valence electrons. The lowest BCUT2D eigenvalue weighted by Crippen LogP contribution is -2.45. The molecule has 0 bridgehead atoms. The highest BCUT2D eigenvalue weighted by Crippen LogP contribution is 2.42. The molecule has 3 atom stereocenters. The number of para-hydroxylation sites is 1. The molecule has 0 spiro atoms. The van der Waals surface area contributed by atoms with Crippen LogP contribution in [-0.4, -0.2) is 45.0 Å². The predicted molar refractivity (Wildman–Crippen MR) is 137 cm³/mol. The molecule has 4 rings (SSSR count). The number of nitrogens with one attached hydrogen (secondary N) is 1. The second-order valence-electron chi connectivity index (χ2n) is 10.5. The minimum absolute atomic E-state index is 0.00429. The molecule has 3 aromatic rings. The fourth-order valence-corrected chi connectivity index (χ4v) is 5.48. The number of imidazole rings is 1. The SMILES string of the molecule is CC[C@H]1O[C@@H](n2cnc3c(NCc4ccccc4[N+](=O)[O-])ncnc32)CC1O[Si](C)(C)C(C)(C)C. The van der Waals surface area contributed by atoms with E-state index in [9.17, 15) is 10.1 Å². The quantitative estimate of drug-likeness (QED) is 0.248. The van der Waals surface area contributed by atoms with Crippen molar-refractivity contribution in [3.05, 3.63) is 52.6 Å². The number of aromatic nitrogens is 4. The summed E-state index contributed by atoms with van der Waals surface area (Å²) in [5, 5.41) is 14.6. The van der Waals surface area contributed by atoms with Gasteiger partial charge in [-0.1, -0.05) is 45.9 Å². The van der Waals surface area contributed by atoms with Crippen LogP contribution in [-0.2, 0) is 15.7 Å². The van der Waals surface area contributed by atoms with Crippen molar-refractivity contribution < 1.29 is 14.1 Å². The number of ether oxygens (including phenoxy) is 1. The van der Waals surface area contributed by atoms with Gasteiger partial charge in [-0.05, 0) is 24.6 Å². The van der Waals surface area contributed by atoms with Gasteiger partial charge in [-0.3, -0.25) is 14.7 Å². The van der Waals surface area contributed by atoms with Crippen molar-refractivity contribution in [2.24, 2.45) is 0 Å². The summed E-state index contributed by atoms with van der Waals surface area (Å²) >= 11 is 0. The Morgan fingerprint density at radius 3 is 2.69 bits per heavy atom. The Morgan fingerprint density at radius 1 is 1.26 bits per heavy atom. The minimum atomic E-state index is -1.95. The maximum Gasteiger partial charge on any atom is 0.274 e. The maximum atomic E-state index is 11.3. The van der Waals surface area contributed by atoms with Crippen molar-refractivity contribution in [1.82, 2.24) is 19.5 Å². The number of nitro groups is 1. The first-order valence-corrected chi connectivity index (χ1v) is 14.9. The first-order chi connectivity index (χ1) is 16.5. The van der Waals surface area contributed by atoms with E-state index in [1.54, 1.807) is 24.5 Å². The first-order valence-electron chi connectivity index (χ1n) is 12.0. The van der Waals surface area contributed by atoms with Crippen LogP contribution in [0.1, 0.15) is 52.3 Å². The summed E-state index contributed by atoms with van der Waals surface area (Å²) in [5.74, 6) is 0.519. The third-order valence-corrected chi connectivity index (χ3v) is 11.6. The molecule has 1 N–H and O–H groups in total. The number of fused-ring (bicyclic) bond motifs is 1. The Morgan fingerprint density at radius 2 is 2.00 bits per heavy atom. The van der Waals surface area contributed by atoms with Crippen LogP contribution in [0.2, 0.25) is 18.1 Å². The monoisotopic (exact) mass is 498 g/mol. The third kappa shape index (κ3) is 5.07. The number of anilines is 1. The topological polar surface area (TPSA) is 117 Å². The summed E-state index contributed by atoms with van der Waals surface area (Å²) in [7, 11) is -1.95. The molecule has 0 saturated carbocycles. The smallest absolute Gasteiger partial charge is 0.274 e. The van der Waals surface area contributed by atoms with E-state index in [2.05, 4.69) is 61.1 Å².